The van der Waals surface area contributed by atoms with Crippen molar-refractivity contribution in [3.8, 4) is 5.88 Å². The molecule has 1 spiro atoms. The maximum Gasteiger partial charge on any atom is 0.250 e. The summed E-state index contributed by atoms with van der Waals surface area (Å²) >= 11 is 1.93. The van der Waals surface area contributed by atoms with Gasteiger partial charge in [0, 0.05) is 48.3 Å². The second kappa shape index (κ2) is 6.04. The van der Waals surface area contributed by atoms with Crippen LogP contribution in [0.5, 0.6) is 5.88 Å². The van der Waals surface area contributed by atoms with Crippen molar-refractivity contribution in [3.05, 3.63) is 41.2 Å². The number of hydrogen-bond acceptors (Lipinski definition) is 6. The van der Waals surface area contributed by atoms with E-state index in [0.717, 1.165) is 43.3 Å². The zero-order valence-electron chi connectivity index (χ0n) is 13.8. The Balaban J connectivity index is 1.33. The molecule has 1 atom stereocenters. The third-order valence-electron chi connectivity index (χ3n) is 4.76. The van der Waals surface area contributed by atoms with Crippen LogP contribution in [0.1, 0.15) is 23.4 Å². The molecule has 0 bridgehead atoms. The van der Waals surface area contributed by atoms with Crippen molar-refractivity contribution in [2.75, 3.05) is 18.8 Å². The highest BCUT2D eigenvalue weighted by atomic mass is 32.2. The first-order chi connectivity index (χ1) is 11.5. The van der Waals surface area contributed by atoms with Crippen molar-refractivity contribution >= 4 is 11.8 Å². The van der Waals surface area contributed by atoms with Gasteiger partial charge in [-0.25, -0.2) is 9.37 Å². The molecule has 2 aromatic heterocycles. The molecule has 2 aliphatic heterocycles. The minimum atomic E-state index is -0.392. The molecule has 128 valence electrons. The smallest absolute Gasteiger partial charge is 0.250 e. The minimum absolute atomic E-state index is 0.0283. The molecular weight excluding hydrogens is 329 g/mol. The highest BCUT2D eigenvalue weighted by Crippen LogP contribution is 2.46. The van der Waals surface area contributed by atoms with E-state index in [-0.39, 0.29) is 16.7 Å². The lowest BCUT2D eigenvalue weighted by Gasteiger charge is -2.47. The van der Waals surface area contributed by atoms with Gasteiger partial charge in [0.1, 0.15) is 11.9 Å². The predicted octanol–water partition coefficient (Wildman–Crippen LogP) is 2.96. The highest BCUT2D eigenvalue weighted by Gasteiger charge is 2.50. The molecule has 5 nitrogen and oxygen atoms in total. The molecule has 0 radical (unpaired) electrons. The Morgan fingerprint density at radius 3 is 3.00 bits per heavy atom. The van der Waals surface area contributed by atoms with Gasteiger partial charge in [0.15, 0.2) is 5.82 Å². The molecule has 0 saturated carbocycles. The molecule has 2 aromatic rings. The molecule has 0 aromatic carbocycles. The van der Waals surface area contributed by atoms with Gasteiger partial charge in [0.05, 0.1) is 5.69 Å². The van der Waals surface area contributed by atoms with Crippen LogP contribution in [0.15, 0.2) is 22.9 Å². The number of pyridine rings is 1. The number of thioether (sulfide) groups is 1. The second-order valence-electron chi connectivity index (χ2n) is 6.68. The Kier molecular flexibility index (Phi) is 4.00. The monoisotopic (exact) mass is 349 g/mol. The van der Waals surface area contributed by atoms with E-state index < -0.39 is 5.82 Å². The Bertz CT molecular complexity index is 726. The average molecular weight is 349 g/mol. The largest absolute Gasteiger partial charge is 0.471 e. The van der Waals surface area contributed by atoms with Crippen LogP contribution in [-0.2, 0) is 6.54 Å². The molecule has 0 N–H and O–H groups in total. The summed E-state index contributed by atoms with van der Waals surface area (Å²) in [6.07, 6.45) is 2.53. The van der Waals surface area contributed by atoms with Crippen molar-refractivity contribution in [1.29, 1.82) is 0 Å². The molecule has 24 heavy (non-hydrogen) atoms. The van der Waals surface area contributed by atoms with Crippen LogP contribution in [0.2, 0.25) is 0 Å². The third kappa shape index (κ3) is 2.91. The molecule has 7 heteroatoms. The fourth-order valence-electron chi connectivity index (χ4n) is 3.55. The van der Waals surface area contributed by atoms with Crippen LogP contribution in [-0.4, -0.2) is 44.7 Å². The maximum atomic E-state index is 13.7. The van der Waals surface area contributed by atoms with Crippen LogP contribution >= 0.6 is 11.8 Å². The minimum Gasteiger partial charge on any atom is -0.471 e. The first-order valence-corrected chi connectivity index (χ1v) is 9.08. The summed E-state index contributed by atoms with van der Waals surface area (Å²) < 4.78 is 24.9. The lowest BCUT2D eigenvalue weighted by Crippen LogP contribution is -2.58. The molecule has 4 rings (SSSR count). The predicted molar refractivity (Wildman–Crippen MR) is 89.7 cm³/mol. The SMILES string of the molecule is Cc1noc(C)c1CN1CC2(CC(Oc3ncccc3F)CS2)C1. The van der Waals surface area contributed by atoms with E-state index in [2.05, 4.69) is 15.0 Å². The van der Waals surface area contributed by atoms with Crippen LogP contribution in [0, 0.1) is 19.7 Å². The Hall–Kier alpha value is -1.60. The number of aryl methyl sites for hydroxylation is 2. The van der Waals surface area contributed by atoms with E-state index in [1.165, 1.54) is 11.6 Å². The molecule has 0 amide bonds. The lowest BCUT2D eigenvalue weighted by molar-refractivity contribution is 0.0890. The van der Waals surface area contributed by atoms with Gasteiger partial charge in [-0.15, -0.1) is 11.8 Å². The van der Waals surface area contributed by atoms with Crippen LogP contribution in [0.3, 0.4) is 0 Å². The van der Waals surface area contributed by atoms with Gasteiger partial charge >= 0.3 is 0 Å². The number of hydrogen-bond donors (Lipinski definition) is 0. The average Bonchev–Trinajstić information content (AvgIpc) is 3.08. The van der Waals surface area contributed by atoms with Gasteiger partial charge < -0.3 is 9.26 Å². The molecule has 2 saturated heterocycles. The third-order valence-corrected chi connectivity index (χ3v) is 6.34. The van der Waals surface area contributed by atoms with Gasteiger partial charge in [-0.2, -0.15) is 0 Å². The normalized spacial score (nSPS) is 22.7. The maximum absolute atomic E-state index is 13.7. The van der Waals surface area contributed by atoms with Gasteiger partial charge in [0.25, 0.3) is 5.88 Å². The Morgan fingerprint density at radius 1 is 1.46 bits per heavy atom. The van der Waals surface area contributed by atoms with Crippen LogP contribution in [0.4, 0.5) is 4.39 Å². The highest BCUT2D eigenvalue weighted by molar-refractivity contribution is 8.01. The Labute approximate surface area is 144 Å². The molecule has 2 aliphatic rings. The van der Waals surface area contributed by atoms with Crippen molar-refractivity contribution in [1.82, 2.24) is 15.0 Å². The van der Waals surface area contributed by atoms with Gasteiger partial charge in [-0.1, -0.05) is 5.16 Å². The number of rotatable bonds is 4. The molecule has 1 unspecified atom stereocenters. The zero-order chi connectivity index (χ0) is 16.7. The van der Waals surface area contributed by atoms with E-state index in [1.54, 1.807) is 12.3 Å². The lowest BCUT2D eigenvalue weighted by atomic mass is 9.92. The van der Waals surface area contributed by atoms with E-state index in [0.29, 0.717) is 0 Å². The quantitative estimate of drug-likeness (QED) is 0.846. The number of aromatic nitrogens is 2. The molecule has 0 aliphatic carbocycles. The van der Waals surface area contributed by atoms with Crippen LogP contribution < -0.4 is 4.74 Å². The summed E-state index contributed by atoms with van der Waals surface area (Å²) in [6.45, 7) is 6.86. The molecule has 4 heterocycles. The second-order valence-corrected chi connectivity index (χ2v) is 8.16. The molecule has 2 fully saturated rings. The van der Waals surface area contributed by atoms with E-state index in [1.807, 2.05) is 25.6 Å². The molecular formula is C17H20FN3O2S. The van der Waals surface area contributed by atoms with Crippen molar-refractivity contribution in [2.24, 2.45) is 0 Å². The summed E-state index contributed by atoms with van der Waals surface area (Å²) in [6, 6.07) is 2.96. The van der Waals surface area contributed by atoms with Crippen molar-refractivity contribution in [2.45, 2.75) is 37.7 Å². The van der Waals surface area contributed by atoms with E-state index >= 15 is 0 Å². The van der Waals surface area contributed by atoms with Gasteiger partial charge in [-0.05, 0) is 26.0 Å². The topological polar surface area (TPSA) is 51.4 Å². The number of nitrogens with zero attached hydrogens (tertiary/aromatic N) is 3. The van der Waals surface area contributed by atoms with Crippen molar-refractivity contribution < 1.29 is 13.7 Å². The van der Waals surface area contributed by atoms with Crippen molar-refractivity contribution in [3.63, 3.8) is 0 Å². The fraction of sp³-hybridized carbons (Fsp3) is 0.529. The summed E-state index contributed by atoms with van der Waals surface area (Å²) in [7, 11) is 0. The van der Waals surface area contributed by atoms with Crippen LogP contribution in [0.25, 0.3) is 0 Å². The first-order valence-electron chi connectivity index (χ1n) is 8.10. The standard InChI is InChI=1S/C17H20FN3O2S/c1-11-14(12(2)23-20-11)7-21-9-17(10-21)6-13(8-24-17)22-16-15(18)4-3-5-19-16/h3-5,13H,6-10H2,1-2H3. The Morgan fingerprint density at radius 2 is 2.29 bits per heavy atom. The summed E-state index contributed by atoms with van der Waals surface area (Å²) in [5.41, 5.74) is 2.16. The first kappa shape index (κ1) is 15.9. The van der Waals surface area contributed by atoms with E-state index in [9.17, 15) is 4.39 Å². The summed E-state index contributed by atoms with van der Waals surface area (Å²) in [5.74, 6) is 1.51. The number of likely N-dealkylation sites (tertiary alicyclic amines) is 1. The van der Waals surface area contributed by atoms with E-state index in [4.69, 9.17) is 9.26 Å². The fourth-order valence-corrected chi connectivity index (χ4v) is 5.12. The summed E-state index contributed by atoms with van der Waals surface area (Å²) in [5, 5.41) is 4.01. The number of halogens is 1. The zero-order valence-corrected chi connectivity index (χ0v) is 14.6. The summed E-state index contributed by atoms with van der Waals surface area (Å²) in [4.78, 5) is 6.39. The number of ether oxygens (including phenoxy) is 1. The van der Waals surface area contributed by atoms with Gasteiger partial charge in [-0.3, -0.25) is 4.90 Å². The van der Waals surface area contributed by atoms with Gasteiger partial charge in [0.2, 0.25) is 0 Å².